The maximum atomic E-state index is 13.8. The number of piperazine rings is 1. The standard InChI is InChI=1S/C24H34F2N4O5S/c1-24(2,32)8-6-4-5-7-13-35-22-21(28-9-11-29(12-10-28)36(3,33)34)17-27-30(23(22)31)20-15-18(25)14-19(26)16-20/h14-17,32H,4-13H2,1-3H3. The highest BCUT2D eigenvalue weighted by atomic mass is 32.2. The van der Waals surface area contributed by atoms with E-state index in [0.717, 1.165) is 42.3 Å². The largest absolute Gasteiger partial charge is 0.486 e. The molecular formula is C24H34F2N4O5S. The summed E-state index contributed by atoms with van der Waals surface area (Å²) in [6, 6.07) is 2.72. The highest BCUT2D eigenvalue weighted by Crippen LogP contribution is 2.26. The number of hydrogen-bond donors (Lipinski definition) is 1. The van der Waals surface area contributed by atoms with E-state index in [9.17, 15) is 27.1 Å². The molecular weight excluding hydrogens is 494 g/mol. The van der Waals surface area contributed by atoms with Crippen LogP contribution in [-0.4, -0.2) is 72.3 Å². The molecule has 0 saturated carbocycles. The highest BCUT2D eigenvalue weighted by molar-refractivity contribution is 7.88. The Bertz CT molecular complexity index is 1190. The summed E-state index contributed by atoms with van der Waals surface area (Å²) >= 11 is 0. The first-order chi connectivity index (χ1) is 16.8. The van der Waals surface area contributed by atoms with Crippen LogP contribution in [-0.2, 0) is 10.0 Å². The molecule has 1 aliphatic heterocycles. The summed E-state index contributed by atoms with van der Waals surface area (Å²) in [5, 5.41) is 13.9. The van der Waals surface area contributed by atoms with Gasteiger partial charge in [-0.25, -0.2) is 17.2 Å². The molecule has 1 aromatic heterocycles. The minimum absolute atomic E-state index is 0.000957. The molecule has 1 aliphatic rings. The molecule has 200 valence electrons. The number of rotatable bonds is 11. The number of unbranched alkanes of at least 4 members (excludes halogenated alkanes) is 3. The lowest BCUT2D eigenvalue weighted by molar-refractivity contribution is 0.0679. The second-order valence-electron chi connectivity index (χ2n) is 9.68. The summed E-state index contributed by atoms with van der Waals surface area (Å²) in [7, 11) is -3.33. The average molecular weight is 529 g/mol. The van der Waals surface area contributed by atoms with Crippen molar-refractivity contribution in [2.24, 2.45) is 0 Å². The molecule has 1 N–H and O–H groups in total. The molecule has 0 radical (unpaired) electrons. The van der Waals surface area contributed by atoms with Crippen molar-refractivity contribution in [1.29, 1.82) is 0 Å². The zero-order valence-corrected chi connectivity index (χ0v) is 21.7. The zero-order chi connectivity index (χ0) is 26.5. The van der Waals surface area contributed by atoms with Gasteiger partial charge in [0.1, 0.15) is 17.3 Å². The number of aromatic nitrogens is 2. The number of nitrogens with zero attached hydrogens (tertiary/aromatic N) is 4. The molecule has 12 heteroatoms. The first kappa shape index (κ1) is 28.0. The Morgan fingerprint density at radius 3 is 2.22 bits per heavy atom. The third-order valence-corrected chi connectivity index (χ3v) is 7.29. The second kappa shape index (κ2) is 11.7. The fraction of sp³-hybridized carbons (Fsp3) is 0.583. The summed E-state index contributed by atoms with van der Waals surface area (Å²) in [6.45, 7) is 4.95. The number of ether oxygens (including phenoxy) is 1. The topological polar surface area (TPSA) is 105 Å². The van der Waals surface area contributed by atoms with Crippen molar-refractivity contribution < 1.29 is 27.0 Å². The van der Waals surface area contributed by atoms with E-state index in [1.165, 1.54) is 10.5 Å². The molecule has 0 bridgehead atoms. The van der Waals surface area contributed by atoms with Crippen LogP contribution in [0, 0.1) is 11.6 Å². The Morgan fingerprint density at radius 2 is 1.64 bits per heavy atom. The molecule has 1 fully saturated rings. The molecule has 0 spiro atoms. The van der Waals surface area contributed by atoms with Crippen LogP contribution in [0.15, 0.2) is 29.2 Å². The fourth-order valence-corrected chi connectivity index (χ4v) is 4.91. The predicted molar refractivity (Wildman–Crippen MR) is 133 cm³/mol. The molecule has 2 aromatic rings. The Hall–Kier alpha value is -2.57. The molecule has 0 aliphatic carbocycles. The van der Waals surface area contributed by atoms with Crippen LogP contribution in [0.1, 0.15) is 46.0 Å². The molecule has 1 saturated heterocycles. The van der Waals surface area contributed by atoms with Gasteiger partial charge in [0, 0.05) is 32.2 Å². The molecule has 3 rings (SSSR count). The van der Waals surface area contributed by atoms with Gasteiger partial charge in [0.25, 0.3) is 0 Å². The van der Waals surface area contributed by atoms with E-state index < -0.39 is 32.8 Å². The van der Waals surface area contributed by atoms with Crippen molar-refractivity contribution in [2.75, 3.05) is 43.9 Å². The van der Waals surface area contributed by atoms with Crippen molar-refractivity contribution in [2.45, 2.75) is 51.6 Å². The van der Waals surface area contributed by atoms with Gasteiger partial charge in [-0.3, -0.25) is 4.79 Å². The van der Waals surface area contributed by atoms with Crippen LogP contribution in [0.3, 0.4) is 0 Å². The SMILES string of the molecule is CC(C)(O)CCCCCCOc1c(N2CCN(S(C)(=O)=O)CC2)cnn(-c2cc(F)cc(F)c2)c1=O. The lowest BCUT2D eigenvalue weighted by atomic mass is 10.0. The Kier molecular flexibility index (Phi) is 9.07. The van der Waals surface area contributed by atoms with Crippen LogP contribution in [0.5, 0.6) is 5.75 Å². The Morgan fingerprint density at radius 1 is 1.03 bits per heavy atom. The van der Waals surface area contributed by atoms with Crippen LogP contribution < -0.4 is 15.2 Å². The normalized spacial score (nSPS) is 15.3. The zero-order valence-electron chi connectivity index (χ0n) is 20.9. The average Bonchev–Trinajstić information content (AvgIpc) is 2.77. The van der Waals surface area contributed by atoms with Crippen molar-refractivity contribution in [3.63, 3.8) is 0 Å². The molecule has 36 heavy (non-hydrogen) atoms. The van der Waals surface area contributed by atoms with Crippen molar-refractivity contribution in [1.82, 2.24) is 14.1 Å². The van der Waals surface area contributed by atoms with Crippen molar-refractivity contribution in [3.05, 3.63) is 46.4 Å². The van der Waals surface area contributed by atoms with Crippen molar-refractivity contribution in [3.8, 4) is 11.4 Å². The Balaban J connectivity index is 1.79. The number of aliphatic hydroxyl groups is 1. The van der Waals surface area contributed by atoms with Gasteiger partial charge in [-0.2, -0.15) is 14.1 Å². The first-order valence-electron chi connectivity index (χ1n) is 12.0. The van der Waals surface area contributed by atoms with Crippen LogP contribution in [0.4, 0.5) is 14.5 Å². The number of hydrogen-bond acceptors (Lipinski definition) is 7. The summed E-state index contributed by atoms with van der Waals surface area (Å²) < 4.78 is 59.4. The summed E-state index contributed by atoms with van der Waals surface area (Å²) in [6.07, 6.45) is 6.52. The molecule has 0 unspecified atom stereocenters. The van der Waals surface area contributed by atoms with Crippen LogP contribution in [0.25, 0.3) is 5.69 Å². The number of anilines is 1. The smallest absolute Gasteiger partial charge is 0.316 e. The summed E-state index contributed by atoms with van der Waals surface area (Å²) in [5.41, 5.74) is -1.03. The molecule has 0 atom stereocenters. The van der Waals surface area contributed by atoms with Gasteiger partial charge in [0.15, 0.2) is 0 Å². The Labute approximate surface area is 210 Å². The maximum absolute atomic E-state index is 13.8. The van der Waals surface area contributed by atoms with Crippen LogP contribution >= 0.6 is 0 Å². The highest BCUT2D eigenvalue weighted by Gasteiger charge is 2.27. The lowest BCUT2D eigenvalue weighted by Crippen LogP contribution is -2.48. The van der Waals surface area contributed by atoms with E-state index in [4.69, 9.17) is 4.74 Å². The van der Waals surface area contributed by atoms with E-state index >= 15 is 0 Å². The van der Waals surface area contributed by atoms with Gasteiger partial charge in [-0.15, -0.1) is 0 Å². The lowest BCUT2D eigenvalue weighted by Gasteiger charge is -2.35. The monoisotopic (exact) mass is 528 g/mol. The second-order valence-corrected chi connectivity index (χ2v) is 11.7. The van der Waals surface area contributed by atoms with Gasteiger partial charge in [0.05, 0.1) is 30.3 Å². The minimum Gasteiger partial charge on any atom is -0.486 e. The molecule has 2 heterocycles. The molecule has 1 aromatic carbocycles. The number of benzene rings is 1. The van der Waals surface area contributed by atoms with Crippen LogP contribution in [0.2, 0.25) is 0 Å². The van der Waals surface area contributed by atoms with Gasteiger partial charge < -0.3 is 14.7 Å². The summed E-state index contributed by atoms with van der Waals surface area (Å²) in [5.74, 6) is -1.68. The minimum atomic E-state index is -3.33. The van der Waals surface area contributed by atoms with E-state index in [1.807, 2.05) is 4.90 Å². The molecule has 0 amide bonds. The van der Waals surface area contributed by atoms with Gasteiger partial charge in [-0.05, 0) is 38.8 Å². The number of halogens is 2. The van der Waals surface area contributed by atoms with Gasteiger partial charge in [-0.1, -0.05) is 19.3 Å². The van der Waals surface area contributed by atoms with E-state index in [-0.39, 0.29) is 31.1 Å². The van der Waals surface area contributed by atoms with E-state index in [0.29, 0.717) is 37.7 Å². The third kappa shape index (κ3) is 7.71. The summed E-state index contributed by atoms with van der Waals surface area (Å²) in [4.78, 5) is 15.2. The third-order valence-electron chi connectivity index (χ3n) is 5.98. The van der Waals surface area contributed by atoms with E-state index in [1.54, 1.807) is 13.8 Å². The number of sulfonamides is 1. The maximum Gasteiger partial charge on any atom is 0.316 e. The predicted octanol–water partition coefficient (Wildman–Crippen LogP) is 2.69. The van der Waals surface area contributed by atoms with Crippen molar-refractivity contribution >= 4 is 15.7 Å². The fourth-order valence-electron chi connectivity index (χ4n) is 4.08. The molecule has 9 nitrogen and oxygen atoms in total. The quantitative estimate of drug-likeness (QED) is 0.447. The van der Waals surface area contributed by atoms with Gasteiger partial charge in [0.2, 0.25) is 15.8 Å². The van der Waals surface area contributed by atoms with Gasteiger partial charge >= 0.3 is 5.56 Å². The van der Waals surface area contributed by atoms with E-state index in [2.05, 4.69) is 5.10 Å². The first-order valence-corrected chi connectivity index (χ1v) is 13.8.